The first-order valence-corrected chi connectivity index (χ1v) is 6.09. The molecule has 4 nitrogen and oxygen atoms in total. The fourth-order valence-electron chi connectivity index (χ4n) is 1.37. The molecule has 0 aliphatic heterocycles. The van der Waals surface area contributed by atoms with Gasteiger partial charge in [-0.15, -0.1) is 11.6 Å². The van der Waals surface area contributed by atoms with Crippen molar-refractivity contribution in [3.63, 3.8) is 0 Å². The van der Waals surface area contributed by atoms with Crippen LogP contribution in [-0.4, -0.2) is 25.5 Å². The number of halogens is 3. The van der Waals surface area contributed by atoms with Gasteiger partial charge in [0.15, 0.2) is 0 Å². The Labute approximate surface area is 114 Å². The highest BCUT2D eigenvalue weighted by molar-refractivity contribution is 6.18. The summed E-state index contributed by atoms with van der Waals surface area (Å²) in [6.07, 6.45) is 0.706. The van der Waals surface area contributed by atoms with Gasteiger partial charge in [0, 0.05) is 18.4 Å². The summed E-state index contributed by atoms with van der Waals surface area (Å²) in [5, 5.41) is 2.49. The summed E-state index contributed by atoms with van der Waals surface area (Å²) >= 11 is 5.47. The molecule has 1 N–H and O–H groups in total. The van der Waals surface area contributed by atoms with E-state index < -0.39 is 6.61 Å². The molecule has 0 heterocycles. The lowest BCUT2D eigenvalue weighted by Gasteiger charge is -2.13. The Kier molecular flexibility index (Phi) is 6.35. The van der Waals surface area contributed by atoms with Crippen molar-refractivity contribution in [3.05, 3.63) is 18.2 Å². The normalized spacial score (nSPS) is 10.4. The van der Waals surface area contributed by atoms with Gasteiger partial charge in [0.1, 0.15) is 11.5 Å². The zero-order chi connectivity index (χ0) is 14.3. The zero-order valence-electron chi connectivity index (χ0n) is 10.3. The summed E-state index contributed by atoms with van der Waals surface area (Å²) in [5.41, 5.74) is 0.138. The van der Waals surface area contributed by atoms with E-state index in [0.717, 1.165) is 0 Å². The van der Waals surface area contributed by atoms with Gasteiger partial charge < -0.3 is 14.8 Å². The van der Waals surface area contributed by atoms with Gasteiger partial charge >= 0.3 is 6.61 Å². The fourth-order valence-corrected chi connectivity index (χ4v) is 1.51. The Morgan fingerprint density at radius 1 is 1.47 bits per heavy atom. The highest BCUT2D eigenvalue weighted by Gasteiger charge is 2.13. The van der Waals surface area contributed by atoms with Crippen molar-refractivity contribution < 1.29 is 23.0 Å². The van der Waals surface area contributed by atoms with E-state index in [-0.39, 0.29) is 23.8 Å². The van der Waals surface area contributed by atoms with Crippen LogP contribution in [0, 0.1) is 0 Å². The number of anilines is 1. The number of carbonyl (C=O) groups is 1. The van der Waals surface area contributed by atoms with Crippen molar-refractivity contribution in [1.82, 2.24) is 0 Å². The average molecular weight is 294 g/mol. The Hall–Kier alpha value is -1.56. The van der Waals surface area contributed by atoms with E-state index in [1.54, 1.807) is 0 Å². The third kappa shape index (κ3) is 5.30. The van der Waals surface area contributed by atoms with Crippen molar-refractivity contribution in [2.24, 2.45) is 0 Å². The van der Waals surface area contributed by atoms with E-state index in [2.05, 4.69) is 10.1 Å². The zero-order valence-corrected chi connectivity index (χ0v) is 11.0. The summed E-state index contributed by atoms with van der Waals surface area (Å²) in [5.74, 6) is 0.337. The fraction of sp³-hybridized carbons (Fsp3) is 0.417. The number of benzene rings is 1. The first kappa shape index (κ1) is 15.5. The number of methoxy groups -OCH3 is 1. The van der Waals surface area contributed by atoms with E-state index >= 15 is 0 Å². The average Bonchev–Trinajstić information content (AvgIpc) is 2.37. The van der Waals surface area contributed by atoms with Crippen LogP contribution >= 0.6 is 11.6 Å². The molecule has 0 aliphatic rings. The van der Waals surface area contributed by atoms with Gasteiger partial charge in [0.25, 0.3) is 0 Å². The van der Waals surface area contributed by atoms with Crippen LogP contribution in [0.2, 0.25) is 0 Å². The molecule has 0 radical (unpaired) electrons. The summed E-state index contributed by atoms with van der Waals surface area (Å²) in [6.45, 7) is -2.97. The lowest BCUT2D eigenvalue weighted by atomic mass is 10.2. The summed E-state index contributed by atoms with van der Waals surface area (Å²) < 4.78 is 33.8. The Bertz CT molecular complexity index is 429. The maximum Gasteiger partial charge on any atom is 0.387 e. The number of alkyl halides is 3. The minimum absolute atomic E-state index is 0.116. The lowest BCUT2D eigenvalue weighted by Crippen LogP contribution is -2.13. The molecule has 1 amide bonds. The molecule has 0 fully saturated rings. The van der Waals surface area contributed by atoms with E-state index in [4.69, 9.17) is 16.3 Å². The molecule has 1 aromatic carbocycles. The Balaban J connectivity index is 2.84. The number of carbonyl (C=O) groups excluding carboxylic acids is 1. The Morgan fingerprint density at radius 3 is 2.79 bits per heavy atom. The van der Waals surface area contributed by atoms with Crippen molar-refractivity contribution in [2.45, 2.75) is 19.5 Å². The number of ether oxygens (including phenoxy) is 2. The topological polar surface area (TPSA) is 47.6 Å². The number of rotatable bonds is 7. The van der Waals surface area contributed by atoms with E-state index in [1.165, 1.54) is 25.3 Å². The molecule has 0 aromatic heterocycles. The largest absolute Gasteiger partial charge is 0.497 e. The minimum atomic E-state index is -2.97. The third-order valence-electron chi connectivity index (χ3n) is 2.21. The Morgan fingerprint density at radius 2 is 2.21 bits per heavy atom. The van der Waals surface area contributed by atoms with Crippen LogP contribution in [0.25, 0.3) is 0 Å². The van der Waals surface area contributed by atoms with Crippen LogP contribution in [0.4, 0.5) is 14.5 Å². The van der Waals surface area contributed by atoms with Gasteiger partial charge in [-0.3, -0.25) is 4.79 Å². The molecule has 106 valence electrons. The van der Waals surface area contributed by atoms with Gasteiger partial charge in [-0.05, 0) is 18.6 Å². The van der Waals surface area contributed by atoms with Crippen LogP contribution in [-0.2, 0) is 4.79 Å². The number of hydrogen-bond donors (Lipinski definition) is 1. The van der Waals surface area contributed by atoms with Gasteiger partial charge in [-0.25, -0.2) is 0 Å². The van der Waals surface area contributed by atoms with Crippen LogP contribution in [0.1, 0.15) is 12.8 Å². The summed E-state index contributed by atoms with van der Waals surface area (Å²) in [7, 11) is 1.43. The van der Waals surface area contributed by atoms with Gasteiger partial charge in [-0.2, -0.15) is 8.78 Å². The molecule has 0 saturated carbocycles. The third-order valence-corrected chi connectivity index (χ3v) is 2.48. The second kappa shape index (κ2) is 7.78. The predicted octanol–water partition coefficient (Wildman–Crippen LogP) is 3.25. The standard InChI is InChI=1S/C12H14ClF2NO3/c1-18-8-4-5-10(19-12(14)15)9(7-8)16-11(17)3-2-6-13/h4-5,7,12H,2-3,6H2,1H3,(H,16,17). The quantitative estimate of drug-likeness (QED) is 0.785. The molecule has 1 aromatic rings. The molecule has 0 aliphatic carbocycles. The van der Waals surface area contributed by atoms with Crippen molar-refractivity contribution >= 4 is 23.2 Å². The molecule has 0 atom stereocenters. The molecule has 0 spiro atoms. The molecular weight excluding hydrogens is 280 g/mol. The smallest absolute Gasteiger partial charge is 0.387 e. The maximum atomic E-state index is 12.2. The predicted molar refractivity (Wildman–Crippen MR) is 68.2 cm³/mol. The first-order valence-electron chi connectivity index (χ1n) is 5.55. The van der Waals surface area contributed by atoms with Gasteiger partial charge in [-0.1, -0.05) is 0 Å². The van der Waals surface area contributed by atoms with E-state index in [0.29, 0.717) is 18.1 Å². The van der Waals surface area contributed by atoms with Gasteiger partial charge in [0.05, 0.1) is 12.8 Å². The van der Waals surface area contributed by atoms with Gasteiger partial charge in [0.2, 0.25) is 5.91 Å². The molecule has 1 rings (SSSR count). The highest BCUT2D eigenvalue weighted by Crippen LogP contribution is 2.30. The van der Waals surface area contributed by atoms with E-state index in [9.17, 15) is 13.6 Å². The molecule has 7 heteroatoms. The first-order chi connectivity index (χ1) is 9.06. The number of amides is 1. The molecular formula is C12H14ClF2NO3. The monoisotopic (exact) mass is 293 g/mol. The van der Waals surface area contributed by atoms with E-state index in [1.807, 2.05) is 0 Å². The maximum absolute atomic E-state index is 12.2. The molecule has 19 heavy (non-hydrogen) atoms. The molecule has 0 saturated heterocycles. The van der Waals surface area contributed by atoms with Crippen molar-refractivity contribution in [2.75, 3.05) is 18.3 Å². The van der Waals surface area contributed by atoms with Crippen LogP contribution in [0.3, 0.4) is 0 Å². The number of nitrogens with one attached hydrogen (secondary N) is 1. The molecule has 0 unspecified atom stereocenters. The van der Waals surface area contributed by atoms with Crippen molar-refractivity contribution in [1.29, 1.82) is 0 Å². The van der Waals surface area contributed by atoms with Crippen LogP contribution in [0.5, 0.6) is 11.5 Å². The number of hydrogen-bond acceptors (Lipinski definition) is 3. The van der Waals surface area contributed by atoms with Crippen LogP contribution < -0.4 is 14.8 Å². The second-order valence-electron chi connectivity index (χ2n) is 3.58. The molecule has 0 bridgehead atoms. The highest BCUT2D eigenvalue weighted by atomic mass is 35.5. The summed E-state index contributed by atoms with van der Waals surface area (Å²) in [4.78, 5) is 11.6. The lowest BCUT2D eigenvalue weighted by molar-refractivity contribution is -0.116. The minimum Gasteiger partial charge on any atom is -0.497 e. The SMILES string of the molecule is COc1ccc(OC(F)F)c(NC(=O)CCCCl)c1. The second-order valence-corrected chi connectivity index (χ2v) is 3.96. The summed E-state index contributed by atoms with van der Waals surface area (Å²) in [6, 6.07) is 4.19. The van der Waals surface area contributed by atoms with Crippen molar-refractivity contribution in [3.8, 4) is 11.5 Å². The van der Waals surface area contributed by atoms with Crippen LogP contribution in [0.15, 0.2) is 18.2 Å².